The van der Waals surface area contributed by atoms with Crippen LogP contribution in [0.5, 0.6) is 0 Å². The molecule has 1 rings (SSSR count). The summed E-state index contributed by atoms with van der Waals surface area (Å²) in [5, 5.41) is 9.85. The van der Waals surface area contributed by atoms with Gasteiger partial charge in [0.05, 0.1) is 6.10 Å². The highest BCUT2D eigenvalue weighted by atomic mass is 16.3. The van der Waals surface area contributed by atoms with E-state index in [1.807, 2.05) is 0 Å². The van der Waals surface area contributed by atoms with Crippen molar-refractivity contribution in [3.05, 3.63) is 0 Å². The van der Waals surface area contributed by atoms with E-state index in [1.165, 1.54) is 12.8 Å². The first-order valence-electron chi connectivity index (χ1n) is 5.64. The molecule has 0 amide bonds. The first kappa shape index (κ1) is 12.0. The topological polar surface area (TPSA) is 26.7 Å². The Morgan fingerprint density at radius 2 is 1.71 bits per heavy atom. The predicted octanol–water partition coefficient (Wildman–Crippen LogP) is 0.783. The van der Waals surface area contributed by atoms with Gasteiger partial charge >= 0.3 is 0 Å². The van der Waals surface area contributed by atoms with E-state index in [4.69, 9.17) is 0 Å². The minimum atomic E-state index is -0.101. The molecule has 1 saturated carbocycles. The van der Waals surface area contributed by atoms with Gasteiger partial charge in [0.1, 0.15) is 0 Å². The largest absolute Gasteiger partial charge is 0.391 e. The number of hydrogen-bond acceptors (Lipinski definition) is 3. The maximum absolute atomic E-state index is 9.85. The molecule has 3 heteroatoms. The summed E-state index contributed by atoms with van der Waals surface area (Å²) in [6.45, 7) is 2.12. The van der Waals surface area contributed by atoms with Crippen molar-refractivity contribution in [3.8, 4) is 0 Å². The third kappa shape index (κ3) is 3.56. The van der Waals surface area contributed by atoms with Crippen molar-refractivity contribution in [2.75, 3.05) is 34.2 Å². The Morgan fingerprint density at radius 3 is 2.29 bits per heavy atom. The van der Waals surface area contributed by atoms with E-state index in [1.54, 1.807) is 0 Å². The molecule has 0 aromatic rings. The van der Waals surface area contributed by atoms with Gasteiger partial charge in [-0.15, -0.1) is 0 Å². The summed E-state index contributed by atoms with van der Waals surface area (Å²) in [5.41, 5.74) is 0. The molecule has 2 atom stereocenters. The van der Waals surface area contributed by atoms with Crippen molar-refractivity contribution >= 4 is 0 Å². The van der Waals surface area contributed by atoms with Gasteiger partial charge in [-0.2, -0.15) is 0 Å². The third-order valence-corrected chi connectivity index (χ3v) is 3.16. The Balaban J connectivity index is 2.30. The molecule has 0 aromatic carbocycles. The van der Waals surface area contributed by atoms with Crippen LogP contribution in [0, 0.1) is 0 Å². The standard InChI is InChI=1S/C11H24N2O/c1-12(2)8-9-13(3)10-6-4-5-7-11(10)14/h10-11,14H,4-9H2,1-3H3/t10-,11-/m0/s1. The zero-order valence-corrected chi connectivity index (χ0v) is 9.74. The van der Waals surface area contributed by atoms with Gasteiger partial charge in [-0.1, -0.05) is 12.8 Å². The molecular weight excluding hydrogens is 176 g/mol. The fraction of sp³-hybridized carbons (Fsp3) is 1.00. The lowest BCUT2D eigenvalue weighted by Crippen LogP contribution is -2.45. The monoisotopic (exact) mass is 200 g/mol. The lowest BCUT2D eigenvalue weighted by atomic mass is 9.91. The van der Waals surface area contributed by atoms with Crippen molar-refractivity contribution in [3.63, 3.8) is 0 Å². The molecule has 0 bridgehead atoms. The van der Waals surface area contributed by atoms with Gasteiger partial charge in [0.2, 0.25) is 0 Å². The number of likely N-dealkylation sites (N-methyl/N-ethyl adjacent to an activating group) is 2. The van der Waals surface area contributed by atoms with Crippen molar-refractivity contribution < 1.29 is 5.11 Å². The van der Waals surface area contributed by atoms with E-state index in [0.29, 0.717) is 6.04 Å². The quantitative estimate of drug-likeness (QED) is 0.726. The zero-order valence-electron chi connectivity index (χ0n) is 9.74. The average Bonchev–Trinajstić information content (AvgIpc) is 2.15. The van der Waals surface area contributed by atoms with Crippen molar-refractivity contribution in [2.24, 2.45) is 0 Å². The Morgan fingerprint density at radius 1 is 1.07 bits per heavy atom. The van der Waals surface area contributed by atoms with E-state index < -0.39 is 0 Å². The normalized spacial score (nSPS) is 28.7. The summed E-state index contributed by atoms with van der Waals surface area (Å²) in [6, 6.07) is 0.392. The molecular formula is C11H24N2O. The van der Waals surface area contributed by atoms with E-state index in [9.17, 15) is 5.11 Å². The molecule has 0 spiro atoms. The summed E-state index contributed by atoms with van der Waals surface area (Å²) >= 11 is 0. The maximum atomic E-state index is 9.85. The van der Waals surface area contributed by atoms with Crippen LogP contribution in [0.3, 0.4) is 0 Å². The molecule has 0 unspecified atom stereocenters. The van der Waals surface area contributed by atoms with Crippen molar-refractivity contribution in [2.45, 2.75) is 37.8 Å². The van der Waals surface area contributed by atoms with Crippen LogP contribution in [-0.2, 0) is 0 Å². The molecule has 0 radical (unpaired) electrons. The van der Waals surface area contributed by atoms with Gasteiger partial charge in [-0.25, -0.2) is 0 Å². The minimum absolute atomic E-state index is 0.101. The zero-order chi connectivity index (χ0) is 10.6. The molecule has 1 aliphatic rings. The summed E-state index contributed by atoms with van der Waals surface area (Å²) in [4.78, 5) is 4.50. The van der Waals surface area contributed by atoms with Gasteiger partial charge in [-0.05, 0) is 34.0 Å². The second-order valence-electron chi connectivity index (χ2n) is 4.70. The molecule has 84 valence electrons. The van der Waals surface area contributed by atoms with Crippen LogP contribution in [0.2, 0.25) is 0 Å². The van der Waals surface area contributed by atoms with Gasteiger partial charge < -0.3 is 10.0 Å². The molecule has 0 saturated heterocycles. The molecule has 3 nitrogen and oxygen atoms in total. The average molecular weight is 200 g/mol. The molecule has 1 aliphatic carbocycles. The van der Waals surface area contributed by atoms with Gasteiger partial charge in [0.25, 0.3) is 0 Å². The second kappa shape index (κ2) is 5.69. The van der Waals surface area contributed by atoms with Crippen LogP contribution in [0.1, 0.15) is 25.7 Å². The van der Waals surface area contributed by atoms with Crippen LogP contribution < -0.4 is 0 Å². The van der Waals surface area contributed by atoms with Crippen LogP contribution in [0.15, 0.2) is 0 Å². The molecule has 1 fully saturated rings. The van der Waals surface area contributed by atoms with E-state index >= 15 is 0 Å². The van der Waals surface area contributed by atoms with Crippen LogP contribution >= 0.6 is 0 Å². The van der Waals surface area contributed by atoms with Gasteiger partial charge in [0.15, 0.2) is 0 Å². The highest BCUT2D eigenvalue weighted by Crippen LogP contribution is 2.21. The SMILES string of the molecule is CN(C)CCN(C)[C@H]1CCCC[C@@H]1O. The summed E-state index contributed by atoms with van der Waals surface area (Å²) in [5.74, 6) is 0. The fourth-order valence-corrected chi connectivity index (χ4v) is 2.13. The molecule has 14 heavy (non-hydrogen) atoms. The number of aliphatic hydroxyl groups is 1. The number of nitrogens with zero attached hydrogens (tertiary/aromatic N) is 2. The summed E-state index contributed by atoms with van der Waals surface area (Å²) in [7, 11) is 6.30. The highest BCUT2D eigenvalue weighted by molar-refractivity contribution is 4.81. The second-order valence-corrected chi connectivity index (χ2v) is 4.70. The Hall–Kier alpha value is -0.120. The van der Waals surface area contributed by atoms with E-state index in [0.717, 1.165) is 25.9 Å². The maximum Gasteiger partial charge on any atom is 0.0695 e. The Kier molecular flexibility index (Phi) is 4.85. The lowest BCUT2D eigenvalue weighted by molar-refractivity contribution is 0.0300. The number of hydrogen-bond donors (Lipinski definition) is 1. The van der Waals surface area contributed by atoms with Crippen molar-refractivity contribution in [1.82, 2.24) is 9.80 Å². The highest BCUT2D eigenvalue weighted by Gasteiger charge is 2.25. The first-order valence-corrected chi connectivity index (χ1v) is 5.64. The Labute approximate surface area is 87.7 Å². The molecule has 0 aromatic heterocycles. The van der Waals surface area contributed by atoms with E-state index in [2.05, 4.69) is 30.9 Å². The minimum Gasteiger partial charge on any atom is -0.391 e. The summed E-state index contributed by atoms with van der Waals surface area (Å²) in [6.07, 6.45) is 4.51. The number of aliphatic hydroxyl groups excluding tert-OH is 1. The van der Waals surface area contributed by atoms with Crippen LogP contribution in [0.25, 0.3) is 0 Å². The molecule has 1 N–H and O–H groups in total. The van der Waals surface area contributed by atoms with Gasteiger partial charge in [0, 0.05) is 19.1 Å². The van der Waals surface area contributed by atoms with Gasteiger partial charge in [-0.3, -0.25) is 4.90 Å². The van der Waals surface area contributed by atoms with Crippen LogP contribution in [0.4, 0.5) is 0 Å². The van der Waals surface area contributed by atoms with E-state index in [-0.39, 0.29) is 6.10 Å². The Bertz CT molecular complexity index is 161. The lowest BCUT2D eigenvalue weighted by Gasteiger charge is -2.35. The van der Waals surface area contributed by atoms with Crippen LogP contribution in [-0.4, -0.2) is 61.3 Å². The number of rotatable bonds is 4. The summed E-state index contributed by atoms with van der Waals surface area (Å²) < 4.78 is 0. The first-order chi connectivity index (χ1) is 6.61. The molecule has 0 heterocycles. The predicted molar refractivity (Wildman–Crippen MR) is 59.4 cm³/mol. The smallest absolute Gasteiger partial charge is 0.0695 e. The third-order valence-electron chi connectivity index (χ3n) is 3.16. The van der Waals surface area contributed by atoms with Crippen molar-refractivity contribution in [1.29, 1.82) is 0 Å². The molecule has 0 aliphatic heterocycles. The fourth-order valence-electron chi connectivity index (χ4n) is 2.13.